The Bertz CT molecular complexity index is 3110. The summed E-state index contributed by atoms with van der Waals surface area (Å²) < 4.78 is 5.27. The van der Waals surface area contributed by atoms with Gasteiger partial charge in [0.25, 0.3) is 0 Å². The lowest BCUT2D eigenvalue weighted by molar-refractivity contribution is 0.590. The van der Waals surface area contributed by atoms with Crippen LogP contribution in [0.4, 0.5) is 0 Å². The van der Waals surface area contributed by atoms with Crippen LogP contribution in [0.5, 0.6) is 0 Å². The number of fused-ring (bicyclic) bond motifs is 8. The maximum absolute atomic E-state index is 9.97. The van der Waals surface area contributed by atoms with Crippen molar-refractivity contribution in [3.05, 3.63) is 125 Å². The third-order valence-electron chi connectivity index (χ3n) is 12.3. The summed E-state index contributed by atoms with van der Waals surface area (Å²) in [5.41, 5.74) is 18.6. The fourth-order valence-electron chi connectivity index (χ4n) is 9.81. The van der Waals surface area contributed by atoms with Crippen LogP contribution in [0, 0.1) is 18.3 Å². The standard InChI is InChI=1S/C48H38BN3/c1-26-33(30-12-8-10-27(20-30)25-50)24-40-44-41(26)36-23-32(48(5,6)7)22-35-34-21-31(47(2,3)4)17-19-38(34)52(45(35)36)49(44)37-18-16-29-15-14-28-11-9-13-39-42(28)43(29)46(37)51(39)40/h8-24H,1-7H3. The average molecular weight is 668 g/mol. The van der Waals surface area contributed by atoms with Gasteiger partial charge in [-0.15, -0.1) is 0 Å². The Labute approximate surface area is 304 Å². The van der Waals surface area contributed by atoms with E-state index in [0.717, 1.165) is 5.56 Å². The predicted octanol–water partition coefficient (Wildman–Crippen LogP) is 10.9. The van der Waals surface area contributed by atoms with E-state index in [-0.39, 0.29) is 17.7 Å². The first-order valence-corrected chi connectivity index (χ1v) is 18.5. The highest BCUT2D eigenvalue weighted by molar-refractivity contribution is 6.90. The first kappa shape index (κ1) is 29.9. The molecule has 2 aliphatic rings. The van der Waals surface area contributed by atoms with E-state index < -0.39 is 0 Å². The average Bonchev–Trinajstić information content (AvgIpc) is 3.65. The summed E-state index contributed by atoms with van der Waals surface area (Å²) in [5.74, 6) is 0. The van der Waals surface area contributed by atoms with Gasteiger partial charge in [0, 0.05) is 43.8 Å². The lowest BCUT2D eigenvalue weighted by atomic mass is 9.45. The van der Waals surface area contributed by atoms with E-state index in [9.17, 15) is 5.26 Å². The zero-order chi connectivity index (χ0) is 35.6. The second-order valence-corrected chi connectivity index (χ2v) is 17.4. The molecule has 3 nitrogen and oxygen atoms in total. The van der Waals surface area contributed by atoms with Crippen molar-refractivity contribution in [3.8, 4) is 34.0 Å². The second-order valence-electron chi connectivity index (χ2n) is 17.4. The van der Waals surface area contributed by atoms with Crippen LogP contribution in [-0.2, 0) is 10.8 Å². The monoisotopic (exact) mass is 667 g/mol. The number of hydrogen-bond donors (Lipinski definition) is 0. The number of nitriles is 1. The lowest BCUT2D eigenvalue weighted by Crippen LogP contribution is -2.55. The molecule has 7 aromatic carbocycles. The van der Waals surface area contributed by atoms with E-state index in [4.69, 9.17) is 0 Å². The third kappa shape index (κ3) is 3.61. The molecule has 4 heterocycles. The zero-order valence-corrected chi connectivity index (χ0v) is 30.7. The Hall–Kier alpha value is -5.79. The van der Waals surface area contributed by atoms with Crippen LogP contribution in [0.2, 0.25) is 0 Å². The highest BCUT2D eigenvalue weighted by atomic mass is 15.0. The smallest absolute Gasteiger partial charge is 0.333 e. The maximum atomic E-state index is 9.97. The Morgan fingerprint density at radius 3 is 2.13 bits per heavy atom. The van der Waals surface area contributed by atoms with E-state index >= 15 is 0 Å². The molecule has 0 aliphatic carbocycles. The predicted molar refractivity (Wildman–Crippen MR) is 221 cm³/mol. The minimum Gasteiger partial charge on any atom is -0.375 e. The van der Waals surface area contributed by atoms with Gasteiger partial charge < -0.3 is 9.05 Å². The van der Waals surface area contributed by atoms with Crippen LogP contribution >= 0.6 is 0 Å². The summed E-state index contributed by atoms with van der Waals surface area (Å²) in [7, 11) is 0. The van der Waals surface area contributed by atoms with Crippen molar-refractivity contribution in [3.63, 3.8) is 0 Å². The zero-order valence-electron chi connectivity index (χ0n) is 30.7. The topological polar surface area (TPSA) is 33.6 Å². The van der Waals surface area contributed by atoms with E-state index in [1.165, 1.54) is 104 Å². The van der Waals surface area contributed by atoms with Crippen LogP contribution in [0.3, 0.4) is 0 Å². The van der Waals surface area contributed by atoms with Gasteiger partial charge in [-0.2, -0.15) is 5.26 Å². The second kappa shape index (κ2) is 9.55. The SMILES string of the molecule is Cc1c(-c2cccc(C#N)c2)cc2c3c1-c1cc(C(C)(C)C)cc4c5cc(C(C)(C)C)ccc5n(c14)B3c1ccc3ccc4cccc5c4c3c1n5-2. The van der Waals surface area contributed by atoms with Crippen molar-refractivity contribution < 1.29 is 0 Å². The minimum atomic E-state index is -0.0469. The van der Waals surface area contributed by atoms with Crippen molar-refractivity contribution in [1.82, 2.24) is 9.05 Å². The molecule has 0 N–H and O–H groups in total. The third-order valence-corrected chi connectivity index (χ3v) is 12.3. The molecule has 0 atom stereocenters. The lowest BCUT2D eigenvalue weighted by Gasteiger charge is -2.36. The molecule has 4 heteroatoms. The fraction of sp³-hybridized carbons (Fsp3) is 0.188. The Kier molecular flexibility index (Phi) is 5.49. The Balaban J connectivity index is 1.41. The molecule has 0 radical (unpaired) electrons. The Morgan fingerprint density at radius 2 is 1.37 bits per heavy atom. The molecule has 0 saturated heterocycles. The number of benzene rings is 7. The highest BCUT2D eigenvalue weighted by Gasteiger charge is 2.43. The first-order chi connectivity index (χ1) is 24.9. The molecule has 2 aliphatic heterocycles. The van der Waals surface area contributed by atoms with Crippen LogP contribution in [0.25, 0.3) is 82.3 Å². The van der Waals surface area contributed by atoms with Gasteiger partial charge >= 0.3 is 6.85 Å². The van der Waals surface area contributed by atoms with Crippen molar-refractivity contribution in [1.29, 1.82) is 5.26 Å². The molecule has 0 fully saturated rings. The number of hydrogen-bond acceptors (Lipinski definition) is 1. The largest absolute Gasteiger partial charge is 0.375 e. The number of rotatable bonds is 1. The van der Waals surface area contributed by atoms with Crippen molar-refractivity contribution in [2.45, 2.75) is 59.3 Å². The summed E-state index contributed by atoms with van der Waals surface area (Å²) in [6.07, 6.45) is 0. The van der Waals surface area contributed by atoms with E-state index in [1.54, 1.807) is 0 Å². The fourth-order valence-corrected chi connectivity index (χ4v) is 9.81. The van der Waals surface area contributed by atoms with Gasteiger partial charge in [-0.05, 0) is 121 Å². The Morgan fingerprint density at radius 1 is 0.635 bits per heavy atom. The molecule has 2 aromatic heterocycles. The molecule has 0 unspecified atom stereocenters. The van der Waals surface area contributed by atoms with E-state index in [2.05, 4.69) is 155 Å². The van der Waals surface area contributed by atoms with Crippen molar-refractivity contribution >= 4 is 72.2 Å². The van der Waals surface area contributed by atoms with Gasteiger partial charge in [0.15, 0.2) is 0 Å². The van der Waals surface area contributed by atoms with Gasteiger partial charge in [-0.25, -0.2) is 0 Å². The summed E-state index contributed by atoms with van der Waals surface area (Å²) >= 11 is 0. The normalized spacial score (nSPS) is 13.6. The molecule has 248 valence electrons. The van der Waals surface area contributed by atoms with Crippen LogP contribution in [-0.4, -0.2) is 15.9 Å². The maximum Gasteiger partial charge on any atom is 0.333 e. The molecule has 0 spiro atoms. The van der Waals surface area contributed by atoms with Gasteiger partial charge in [-0.1, -0.05) is 96.1 Å². The van der Waals surface area contributed by atoms with Gasteiger partial charge in [0.05, 0.1) is 22.7 Å². The van der Waals surface area contributed by atoms with Crippen LogP contribution in [0.1, 0.15) is 63.8 Å². The van der Waals surface area contributed by atoms with Crippen LogP contribution < -0.4 is 10.9 Å². The number of aromatic nitrogens is 2. The molecular weight excluding hydrogens is 629 g/mol. The van der Waals surface area contributed by atoms with Crippen LogP contribution in [0.15, 0.2) is 103 Å². The van der Waals surface area contributed by atoms with E-state index in [1.807, 2.05) is 12.1 Å². The minimum absolute atomic E-state index is 0.00288. The molecule has 0 bridgehead atoms. The molecule has 0 amide bonds. The molecule has 9 aromatic rings. The highest BCUT2D eigenvalue weighted by Crippen LogP contribution is 2.49. The number of nitrogens with zero attached hydrogens (tertiary/aromatic N) is 3. The first-order valence-electron chi connectivity index (χ1n) is 18.5. The summed E-state index contributed by atoms with van der Waals surface area (Å²) in [6.45, 7) is 16.3. The quantitative estimate of drug-likeness (QED) is 0.127. The van der Waals surface area contributed by atoms with Crippen molar-refractivity contribution in [2.75, 3.05) is 0 Å². The molecule has 11 rings (SSSR count). The van der Waals surface area contributed by atoms with Crippen molar-refractivity contribution in [2.24, 2.45) is 0 Å². The molecule has 0 saturated carbocycles. The summed E-state index contributed by atoms with van der Waals surface area (Å²) in [4.78, 5) is 0. The van der Waals surface area contributed by atoms with Gasteiger partial charge in [0.1, 0.15) is 0 Å². The van der Waals surface area contributed by atoms with E-state index in [0.29, 0.717) is 5.56 Å². The van der Waals surface area contributed by atoms with Gasteiger partial charge in [0.2, 0.25) is 0 Å². The summed E-state index contributed by atoms with van der Waals surface area (Å²) in [5, 5.41) is 17.9. The summed E-state index contributed by atoms with van der Waals surface area (Å²) in [6, 6.07) is 41.3. The molecule has 52 heavy (non-hydrogen) atoms. The molecular formula is C48H38BN3. The van der Waals surface area contributed by atoms with Gasteiger partial charge in [-0.3, -0.25) is 0 Å².